The van der Waals surface area contributed by atoms with Gasteiger partial charge in [-0.15, -0.1) is 11.3 Å². The molecule has 0 spiro atoms. The molecule has 0 amide bonds. The van der Waals surface area contributed by atoms with Crippen LogP contribution in [0.15, 0.2) is 205 Å². The second-order valence-electron chi connectivity index (χ2n) is 14.1. The average Bonchev–Trinajstić information content (AvgIpc) is 3.83. The third-order valence-electron chi connectivity index (χ3n) is 10.8. The Labute approximate surface area is 322 Å². The molecule has 55 heavy (non-hydrogen) atoms. The number of hydrogen-bond acceptors (Lipinski definition) is 3. The molecule has 0 aliphatic heterocycles. The van der Waals surface area contributed by atoms with Gasteiger partial charge in [0.05, 0.1) is 0 Å². The van der Waals surface area contributed by atoms with E-state index in [4.69, 9.17) is 4.42 Å². The monoisotopic (exact) mass is 719 g/mol. The van der Waals surface area contributed by atoms with E-state index in [1.807, 2.05) is 23.5 Å². The van der Waals surface area contributed by atoms with Crippen LogP contribution < -0.4 is 4.90 Å². The molecule has 0 N–H and O–H groups in total. The van der Waals surface area contributed by atoms with Gasteiger partial charge in [-0.1, -0.05) is 146 Å². The van der Waals surface area contributed by atoms with Crippen LogP contribution in [0.1, 0.15) is 0 Å². The van der Waals surface area contributed by atoms with Crippen molar-refractivity contribution in [1.29, 1.82) is 0 Å². The molecule has 2 aromatic heterocycles. The van der Waals surface area contributed by atoms with Gasteiger partial charge >= 0.3 is 0 Å². The Bertz CT molecular complexity index is 3070. The van der Waals surface area contributed by atoms with Gasteiger partial charge in [-0.3, -0.25) is 0 Å². The lowest BCUT2D eigenvalue weighted by Crippen LogP contribution is -2.10. The predicted octanol–water partition coefficient (Wildman–Crippen LogP) is 15.6. The Morgan fingerprint density at radius 1 is 0.364 bits per heavy atom. The third kappa shape index (κ3) is 5.40. The maximum Gasteiger partial charge on any atom is 0.143 e. The van der Waals surface area contributed by atoms with Gasteiger partial charge in [0.2, 0.25) is 0 Å². The summed E-state index contributed by atoms with van der Waals surface area (Å²) in [6.45, 7) is 0. The maximum atomic E-state index is 6.50. The lowest BCUT2D eigenvalue weighted by atomic mass is 9.99. The highest BCUT2D eigenvalue weighted by molar-refractivity contribution is 7.26. The molecule has 0 fully saturated rings. The Morgan fingerprint density at radius 2 is 0.982 bits per heavy atom. The number of thiophene rings is 1. The fraction of sp³-hybridized carbons (Fsp3) is 0. The Kier molecular flexibility index (Phi) is 7.39. The fourth-order valence-corrected chi connectivity index (χ4v) is 9.43. The second-order valence-corrected chi connectivity index (χ2v) is 15.2. The number of furan rings is 1. The zero-order chi connectivity index (χ0) is 36.3. The molecule has 0 unspecified atom stereocenters. The first kappa shape index (κ1) is 31.6. The highest BCUT2D eigenvalue weighted by Gasteiger charge is 2.18. The number of benzene rings is 9. The first-order valence-corrected chi connectivity index (χ1v) is 19.5. The number of rotatable bonds is 6. The summed E-state index contributed by atoms with van der Waals surface area (Å²) in [5.41, 5.74) is 12.1. The van der Waals surface area contributed by atoms with E-state index in [0.29, 0.717) is 0 Å². The maximum absolute atomic E-state index is 6.50. The molecule has 3 heteroatoms. The summed E-state index contributed by atoms with van der Waals surface area (Å²) < 4.78 is 9.12. The lowest BCUT2D eigenvalue weighted by molar-refractivity contribution is 0.670. The quantitative estimate of drug-likeness (QED) is 0.170. The average molecular weight is 720 g/mol. The molecular weight excluding hydrogens is 687 g/mol. The van der Waals surface area contributed by atoms with Gasteiger partial charge in [0, 0.05) is 53.6 Å². The molecule has 0 saturated carbocycles. The SMILES string of the molecule is c1cc(-c2cccc3c2oc2ccccc23)cc(N(c2ccc(-c3ccc4ccccc4c3)cc2)c2cccc(-c3cccc4c3sc3ccccc34)c2)c1. The van der Waals surface area contributed by atoms with Crippen LogP contribution in [0.2, 0.25) is 0 Å². The molecule has 0 atom stereocenters. The number of para-hydroxylation sites is 2. The van der Waals surface area contributed by atoms with Crippen LogP contribution >= 0.6 is 11.3 Å². The Morgan fingerprint density at radius 3 is 1.80 bits per heavy atom. The summed E-state index contributed by atoms with van der Waals surface area (Å²) in [5.74, 6) is 0. The standard InChI is InChI=1S/C52H33NOS/c1-2-12-36-31-37(26-25-34(36)11-1)35-27-29-40(30-28-35)53(41-15-7-13-38(32-41)43-19-9-21-47-45-17-3-5-23-49(45)54-51(43)47)42-16-8-14-39(33-42)44-20-10-22-48-46-18-4-6-24-50(46)55-52(44)48/h1-33H. The molecule has 0 aliphatic carbocycles. The van der Waals surface area contributed by atoms with E-state index in [1.165, 1.54) is 53.2 Å². The van der Waals surface area contributed by atoms with Crippen molar-refractivity contribution in [2.24, 2.45) is 0 Å². The lowest BCUT2D eigenvalue weighted by Gasteiger charge is -2.27. The summed E-state index contributed by atoms with van der Waals surface area (Å²) in [6.07, 6.45) is 0. The number of nitrogens with zero attached hydrogens (tertiary/aromatic N) is 1. The largest absolute Gasteiger partial charge is 0.455 e. The summed E-state index contributed by atoms with van der Waals surface area (Å²) in [7, 11) is 0. The van der Waals surface area contributed by atoms with Crippen molar-refractivity contribution < 1.29 is 4.42 Å². The van der Waals surface area contributed by atoms with Crippen LogP contribution in [0.5, 0.6) is 0 Å². The van der Waals surface area contributed by atoms with Gasteiger partial charge in [0.25, 0.3) is 0 Å². The normalized spacial score (nSPS) is 11.6. The number of hydrogen-bond donors (Lipinski definition) is 0. The first-order valence-electron chi connectivity index (χ1n) is 18.7. The van der Waals surface area contributed by atoms with Crippen LogP contribution in [-0.2, 0) is 0 Å². The van der Waals surface area contributed by atoms with E-state index in [2.05, 4.69) is 193 Å². The van der Waals surface area contributed by atoms with Gasteiger partial charge in [-0.05, 0) is 93.2 Å². The highest BCUT2D eigenvalue weighted by Crippen LogP contribution is 2.44. The predicted molar refractivity (Wildman–Crippen MR) is 235 cm³/mol. The molecule has 2 heterocycles. The van der Waals surface area contributed by atoms with Crippen molar-refractivity contribution in [3.05, 3.63) is 200 Å². The molecule has 0 bridgehead atoms. The van der Waals surface area contributed by atoms with E-state index in [-0.39, 0.29) is 0 Å². The highest BCUT2D eigenvalue weighted by atomic mass is 32.1. The van der Waals surface area contributed by atoms with Crippen LogP contribution in [0, 0.1) is 0 Å². The third-order valence-corrected chi connectivity index (χ3v) is 12.1. The smallest absolute Gasteiger partial charge is 0.143 e. The molecule has 0 radical (unpaired) electrons. The minimum Gasteiger partial charge on any atom is -0.455 e. The molecule has 0 aliphatic rings. The van der Waals surface area contributed by atoms with E-state index in [9.17, 15) is 0 Å². The second kappa shape index (κ2) is 12.9. The van der Waals surface area contributed by atoms with Crippen molar-refractivity contribution >= 4 is 81.3 Å². The molecule has 9 aromatic carbocycles. The van der Waals surface area contributed by atoms with E-state index in [0.717, 1.165) is 50.1 Å². The molecule has 0 saturated heterocycles. The molecule has 2 nitrogen and oxygen atoms in total. The number of fused-ring (bicyclic) bond motifs is 7. The van der Waals surface area contributed by atoms with Gasteiger partial charge < -0.3 is 9.32 Å². The van der Waals surface area contributed by atoms with E-state index < -0.39 is 0 Å². The van der Waals surface area contributed by atoms with Gasteiger partial charge in [-0.2, -0.15) is 0 Å². The zero-order valence-corrected chi connectivity index (χ0v) is 30.6. The van der Waals surface area contributed by atoms with Gasteiger partial charge in [-0.25, -0.2) is 0 Å². The zero-order valence-electron chi connectivity index (χ0n) is 29.8. The van der Waals surface area contributed by atoms with Crippen molar-refractivity contribution in [2.75, 3.05) is 4.90 Å². The topological polar surface area (TPSA) is 16.4 Å². The van der Waals surface area contributed by atoms with Crippen LogP contribution in [0.4, 0.5) is 17.1 Å². The minimum atomic E-state index is 0.903. The molecule has 11 aromatic rings. The van der Waals surface area contributed by atoms with E-state index in [1.54, 1.807) is 0 Å². The first-order chi connectivity index (χ1) is 27.2. The van der Waals surface area contributed by atoms with E-state index >= 15 is 0 Å². The molecule has 11 rings (SSSR count). The fourth-order valence-electron chi connectivity index (χ4n) is 8.19. The summed E-state index contributed by atoms with van der Waals surface area (Å²) in [4.78, 5) is 2.38. The Hall–Kier alpha value is -6.94. The molecule has 258 valence electrons. The van der Waals surface area contributed by atoms with Crippen molar-refractivity contribution in [3.63, 3.8) is 0 Å². The Balaban J connectivity index is 1.06. The molecular formula is C52H33NOS. The van der Waals surface area contributed by atoms with Crippen LogP contribution in [0.3, 0.4) is 0 Å². The minimum absolute atomic E-state index is 0.903. The van der Waals surface area contributed by atoms with Crippen molar-refractivity contribution in [1.82, 2.24) is 0 Å². The number of anilines is 3. The van der Waals surface area contributed by atoms with Crippen molar-refractivity contribution in [3.8, 4) is 33.4 Å². The van der Waals surface area contributed by atoms with Crippen LogP contribution in [0.25, 0.3) is 86.3 Å². The summed E-state index contributed by atoms with van der Waals surface area (Å²) in [6, 6.07) is 72.2. The summed E-state index contributed by atoms with van der Waals surface area (Å²) in [5, 5.41) is 7.37. The van der Waals surface area contributed by atoms with Crippen molar-refractivity contribution in [2.45, 2.75) is 0 Å². The van der Waals surface area contributed by atoms with Crippen LogP contribution in [-0.4, -0.2) is 0 Å². The summed E-state index contributed by atoms with van der Waals surface area (Å²) >= 11 is 1.87. The van der Waals surface area contributed by atoms with Gasteiger partial charge in [0.15, 0.2) is 0 Å². The van der Waals surface area contributed by atoms with Gasteiger partial charge in [0.1, 0.15) is 11.2 Å².